The van der Waals surface area contributed by atoms with Gasteiger partial charge in [0.15, 0.2) is 0 Å². The van der Waals surface area contributed by atoms with E-state index in [9.17, 15) is 19.0 Å². The molecule has 2 rings (SSSR count). The summed E-state index contributed by atoms with van der Waals surface area (Å²) < 4.78 is 28.1. The summed E-state index contributed by atoms with van der Waals surface area (Å²) in [6, 6.07) is 0. The molecule has 1 aliphatic rings. The molecule has 0 aromatic carbocycles. The van der Waals surface area contributed by atoms with Crippen molar-refractivity contribution in [3.8, 4) is 0 Å². The predicted molar refractivity (Wildman–Crippen MR) is 95.8 cm³/mol. The smallest absolute Gasteiger partial charge is 0.330 e. The van der Waals surface area contributed by atoms with E-state index in [4.69, 9.17) is 14.4 Å². The maximum atomic E-state index is 12.0. The Morgan fingerprint density at radius 2 is 2.27 bits per heavy atom. The molecule has 1 saturated heterocycles. The lowest BCUT2D eigenvalue weighted by molar-refractivity contribution is -0.223. The van der Waals surface area contributed by atoms with Crippen LogP contribution in [0.4, 0.5) is 0 Å². The number of aromatic nitrogens is 2. The molecule has 1 aliphatic heterocycles. The average Bonchev–Trinajstić information content (AvgIpc) is 2.91. The molecular formula is C13H20N2O8PS2-. The molecule has 10 nitrogen and oxygen atoms in total. The number of phosphoric acid groups is 1. The minimum atomic E-state index is -4.92. The van der Waals surface area contributed by atoms with Gasteiger partial charge < -0.3 is 23.8 Å². The molecule has 2 N–H and O–H groups in total. The van der Waals surface area contributed by atoms with Crippen molar-refractivity contribution in [2.24, 2.45) is 0 Å². The highest BCUT2D eigenvalue weighted by atomic mass is 33.1. The summed E-state index contributed by atoms with van der Waals surface area (Å²) in [6.45, 7) is 2.92. The molecule has 0 bridgehead atoms. The molecule has 1 aromatic rings. The highest BCUT2D eigenvalue weighted by Gasteiger charge is 2.39. The minimum Gasteiger partial charge on any atom is -0.756 e. The van der Waals surface area contributed by atoms with Gasteiger partial charge in [-0.3, -0.25) is 18.9 Å². The number of phosphoric ester groups is 1. The Morgan fingerprint density at radius 3 is 2.88 bits per heavy atom. The van der Waals surface area contributed by atoms with E-state index >= 15 is 0 Å². The van der Waals surface area contributed by atoms with E-state index in [0.717, 1.165) is 0 Å². The summed E-state index contributed by atoms with van der Waals surface area (Å²) in [4.78, 5) is 45.4. The van der Waals surface area contributed by atoms with Crippen LogP contribution in [0.1, 0.15) is 25.1 Å². The number of H-pyrrole nitrogens is 1. The Kier molecular flexibility index (Phi) is 7.57. The zero-order valence-electron chi connectivity index (χ0n) is 14.3. The van der Waals surface area contributed by atoms with Crippen LogP contribution in [0.3, 0.4) is 0 Å². The number of aryl methyl sites for hydroxylation is 1. The van der Waals surface area contributed by atoms with E-state index in [0.29, 0.717) is 5.56 Å². The second kappa shape index (κ2) is 9.07. The molecule has 1 aromatic heterocycles. The molecule has 148 valence electrons. The van der Waals surface area contributed by atoms with E-state index in [-0.39, 0.29) is 11.9 Å². The molecule has 2 heterocycles. The normalized spacial score (nSPS) is 26.6. The van der Waals surface area contributed by atoms with Gasteiger partial charge in [0, 0.05) is 18.2 Å². The Labute approximate surface area is 157 Å². The average molecular weight is 427 g/mol. The number of ether oxygens (including phenoxy) is 2. The van der Waals surface area contributed by atoms with E-state index < -0.39 is 44.1 Å². The third-order valence-electron chi connectivity index (χ3n) is 3.64. The van der Waals surface area contributed by atoms with Crippen molar-refractivity contribution < 1.29 is 28.3 Å². The first-order valence-electron chi connectivity index (χ1n) is 7.61. The fraction of sp³-hybridized carbons (Fsp3) is 0.692. The van der Waals surface area contributed by atoms with Crippen LogP contribution in [0.2, 0.25) is 0 Å². The summed E-state index contributed by atoms with van der Waals surface area (Å²) in [7, 11) is -1.95. The first kappa shape index (κ1) is 21.7. The third kappa shape index (κ3) is 5.96. The Bertz CT molecular complexity index is 778. The molecule has 1 unspecified atom stereocenters. The standard InChI is InChI=1S/C13H21N2O8PS2/c1-7-5-15(13(17)14-12(7)16)11-4-9(22-8(2)26-25-3)10(23-11)6-21-24(18,19)20/h5,8-11H,4,6H2,1-3H3,(H,14,16,17)(H2,18,19,20)/p-1/t8-,9+,10+,11+/m0/s1. The van der Waals surface area contributed by atoms with Crippen LogP contribution in [0.15, 0.2) is 15.8 Å². The van der Waals surface area contributed by atoms with Crippen LogP contribution < -0.4 is 16.1 Å². The largest absolute Gasteiger partial charge is 0.756 e. The second-order valence-corrected chi connectivity index (χ2v) is 9.58. The van der Waals surface area contributed by atoms with Gasteiger partial charge in [-0.15, -0.1) is 0 Å². The van der Waals surface area contributed by atoms with E-state index in [1.165, 1.54) is 32.4 Å². The summed E-state index contributed by atoms with van der Waals surface area (Å²) >= 11 is 0. The molecule has 0 aliphatic carbocycles. The quantitative estimate of drug-likeness (QED) is 0.339. The lowest BCUT2D eigenvalue weighted by atomic mass is 10.2. The zero-order valence-corrected chi connectivity index (χ0v) is 16.8. The summed E-state index contributed by atoms with van der Waals surface area (Å²) in [5.41, 5.74) is -1.03. The van der Waals surface area contributed by atoms with Gasteiger partial charge in [0.1, 0.15) is 17.8 Å². The molecule has 13 heteroatoms. The van der Waals surface area contributed by atoms with E-state index in [1.807, 2.05) is 13.2 Å². The van der Waals surface area contributed by atoms with Gasteiger partial charge in [-0.2, -0.15) is 0 Å². The van der Waals surface area contributed by atoms with Gasteiger partial charge in [-0.25, -0.2) is 4.79 Å². The van der Waals surface area contributed by atoms with Crippen molar-refractivity contribution in [3.05, 3.63) is 32.6 Å². The number of aromatic amines is 1. The summed E-state index contributed by atoms with van der Waals surface area (Å²) in [5, 5.41) is 0. The third-order valence-corrected chi connectivity index (χ3v) is 6.08. The second-order valence-electron chi connectivity index (χ2n) is 5.61. The van der Waals surface area contributed by atoms with Crippen LogP contribution in [0, 0.1) is 6.92 Å². The molecule has 5 atom stereocenters. The lowest BCUT2D eigenvalue weighted by Crippen LogP contribution is -2.33. The molecule has 0 amide bonds. The first-order valence-corrected chi connectivity index (χ1v) is 11.7. The Morgan fingerprint density at radius 1 is 1.58 bits per heavy atom. The van der Waals surface area contributed by atoms with Gasteiger partial charge in [-0.05, 0) is 20.1 Å². The van der Waals surface area contributed by atoms with Crippen molar-refractivity contribution in [1.82, 2.24) is 9.55 Å². The zero-order chi connectivity index (χ0) is 19.5. The fourth-order valence-corrected chi connectivity index (χ4v) is 4.28. The molecule has 0 radical (unpaired) electrons. The fourth-order valence-electron chi connectivity index (χ4n) is 2.54. The maximum Gasteiger partial charge on any atom is 0.330 e. The highest BCUT2D eigenvalue weighted by Crippen LogP contribution is 2.37. The van der Waals surface area contributed by atoms with Crippen molar-refractivity contribution >= 4 is 29.4 Å². The predicted octanol–water partition coefficient (Wildman–Crippen LogP) is 0.352. The summed E-state index contributed by atoms with van der Waals surface area (Å²) in [5.74, 6) is 0. The monoisotopic (exact) mass is 427 g/mol. The topological polar surface area (TPSA) is 143 Å². The number of hydrogen-bond acceptors (Lipinski definition) is 9. The van der Waals surface area contributed by atoms with Crippen molar-refractivity contribution in [2.75, 3.05) is 12.9 Å². The lowest BCUT2D eigenvalue weighted by Gasteiger charge is -2.24. The molecule has 0 spiro atoms. The van der Waals surface area contributed by atoms with Crippen molar-refractivity contribution in [3.63, 3.8) is 0 Å². The van der Waals surface area contributed by atoms with Gasteiger partial charge in [0.25, 0.3) is 13.4 Å². The van der Waals surface area contributed by atoms with Gasteiger partial charge in [0.05, 0.1) is 12.7 Å². The number of rotatable bonds is 8. The maximum absolute atomic E-state index is 12.0. The van der Waals surface area contributed by atoms with E-state index in [2.05, 4.69) is 9.51 Å². The number of hydrogen-bond donors (Lipinski definition) is 2. The van der Waals surface area contributed by atoms with E-state index in [1.54, 1.807) is 6.92 Å². The van der Waals surface area contributed by atoms with Crippen LogP contribution in [0.25, 0.3) is 0 Å². The van der Waals surface area contributed by atoms with Crippen molar-refractivity contribution in [1.29, 1.82) is 0 Å². The van der Waals surface area contributed by atoms with Crippen LogP contribution in [-0.2, 0) is 18.6 Å². The SMILES string of the molecule is CSS[C@@H](C)O[C@@H]1C[C@H](n2cc(C)c(=O)[nH]c2=O)O[C@@H]1COP(=O)([O-])O. The van der Waals surface area contributed by atoms with Crippen LogP contribution in [0.5, 0.6) is 0 Å². The minimum absolute atomic E-state index is 0.220. The van der Waals surface area contributed by atoms with Gasteiger partial charge >= 0.3 is 5.69 Å². The van der Waals surface area contributed by atoms with Gasteiger partial charge in [-0.1, -0.05) is 21.6 Å². The van der Waals surface area contributed by atoms with Crippen LogP contribution in [-0.4, -0.2) is 45.0 Å². The molecule has 26 heavy (non-hydrogen) atoms. The first-order chi connectivity index (χ1) is 12.1. The van der Waals surface area contributed by atoms with Gasteiger partial charge in [0.2, 0.25) is 0 Å². The molecule has 0 saturated carbocycles. The molecule has 1 fully saturated rings. The number of nitrogens with one attached hydrogen (secondary N) is 1. The van der Waals surface area contributed by atoms with Crippen molar-refractivity contribution in [2.45, 2.75) is 44.1 Å². The summed E-state index contributed by atoms with van der Waals surface area (Å²) in [6.07, 6.45) is 1.34. The molecular weight excluding hydrogens is 407 g/mol. The Hall–Kier alpha value is -0.590. The Balaban J connectivity index is 2.20. The van der Waals surface area contributed by atoms with Crippen LogP contribution >= 0.6 is 29.4 Å². The number of nitrogens with zero attached hydrogens (tertiary/aromatic N) is 1. The highest BCUT2D eigenvalue weighted by molar-refractivity contribution is 8.76.